The van der Waals surface area contributed by atoms with Crippen molar-refractivity contribution in [3.8, 4) is 0 Å². The second kappa shape index (κ2) is 8.16. The molecule has 0 bridgehead atoms. The summed E-state index contributed by atoms with van der Waals surface area (Å²) < 4.78 is 1.70. The van der Waals surface area contributed by atoms with Gasteiger partial charge in [0.15, 0.2) is 0 Å². The largest absolute Gasteiger partial charge is 0.481 e. The Morgan fingerprint density at radius 3 is 2.58 bits per heavy atom. The summed E-state index contributed by atoms with van der Waals surface area (Å²) in [6, 6.07) is 5.13. The van der Waals surface area contributed by atoms with Gasteiger partial charge in [-0.25, -0.2) is 4.79 Å². The molecule has 0 spiro atoms. The van der Waals surface area contributed by atoms with Gasteiger partial charge in [-0.15, -0.1) is 0 Å². The van der Waals surface area contributed by atoms with Gasteiger partial charge in [-0.1, -0.05) is 15.9 Å². The second-order valence-corrected chi connectivity index (χ2v) is 5.63. The first-order valence-corrected chi connectivity index (χ1v) is 7.29. The highest BCUT2D eigenvalue weighted by molar-refractivity contribution is 9.11. The van der Waals surface area contributed by atoms with Crippen molar-refractivity contribution in [1.82, 2.24) is 5.32 Å². The molecule has 0 atom stereocenters. The number of rotatable bonds is 6. The summed E-state index contributed by atoms with van der Waals surface area (Å²) in [6.45, 7) is 0.452. The van der Waals surface area contributed by atoms with E-state index < -0.39 is 5.97 Å². The summed E-state index contributed by atoms with van der Waals surface area (Å²) in [4.78, 5) is 21.9. The third kappa shape index (κ3) is 6.58. The van der Waals surface area contributed by atoms with Crippen LogP contribution < -0.4 is 10.6 Å². The van der Waals surface area contributed by atoms with Crippen LogP contribution in [-0.4, -0.2) is 23.7 Å². The standard InChI is InChI=1S/C12H14Br2N2O3/c13-8-4-5-10(9(14)7-8)16-12(19)15-6-2-1-3-11(17)18/h4-5,7H,1-3,6H2,(H,17,18)(H2,15,16,19). The maximum absolute atomic E-state index is 11.6. The number of nitrogens with one attached hydrogen (secondary N) is 2. The number of amides is 2. The summed E-state index contributed by atoms with van der Waals surface area (Å²) in [5, 5.41) is 13.8. The SMILES string of the molecule is O=C(O)CCCCNC(=O)Nc1ccc(Br)cc1Br. The average molecular weight is 394 g/mol. The number of carboxylic acid groups (broad SMARTS) is 1. The Morgan fingerprint density at radius 2 is 1.95 bits per heavy atom. The number of urea groups is 1. The Kier molecular flexibility index (Phi) is 6.86. The molecule has 104 valence electrons. The van der Waals surface area contributed by atoms with Gasteiger partial charge in [-0.3, -0.25) is 4.79 Å². The molecule has 2 amide bonds. The van der Waals surface area contributed by atoms with Crippen molar-refractivity contribution >= 4 is 49.5 Å². The van der Waals surface area contributed by atoms with Crippen LogP contribution >= 0.6 is 31.9 Å². The molecular formula is C12H14Br2N2O3. The minimum absolute atomic E-state index is 0.127. The summed E-state index contributed by atoms with van der Waals surface area (Å²) in [5.74, 6) is -0.816. The molecule has 19 heavy (non-hydrogen) atoms. The average Bonchev–Trinajstić information content (AvgIpc) is 2.32. The molecule has 0 fully saturated rings. The van der Waals surface area contributed by atoms with E-state index in [0.29, 0.717) is 25.1 Å². The zero-order valence-electron chi connectivity index (χ0n) is 10.1. The van der Waals surface area contributed by atoms with E-state index in [1.807, 2.05) is 12.1 Å². The number of halogens is 2. The normalized spacial score (nSPS) is 10.0. The lowest BCUT2D eigenvalue weighted by atomic mass is 10.2. The van der Waals surface area contributed by atoms with Crippen molar-refractivity contribution in [3.63, 3.8) is 0 Å². The van der Waals surface area contributed by atoms with E-state index in [1.54, 1.807) is 6.07 Å². The maximum atomic E-state index is 11.6. The molecule has 1 aromatic carbocycles. The first-order chi connectivity index (χ1) is 8.99. The minimum Gasteiger partial charge on any atom is -0.481 e. The van der Waals surface area contributed by atoms with Gasteiger partial charge in [-0.05, 0) is 47.0 Å². The Labute approximate surface area is 128 Å². The summed E-state index contributed by atoms with van der Waals surface area (Å²) in [5.41, 5.74) is 0.672. The van der Waals surface area contributed by atoms with Crippen LogP contribution in [0.25, 0.3) is 0 Å². The molecular weight excluding hydrogens is 380 g/mol. The summed E-state index contributed by atoms with van der Waals surface area (Å²) >= 11 is 6.67. The first kappa shape index (κ1) is 16.0. The van der Waals surface area contributed by atoms with Gasteiger partial charge in [-0.2, -0.15) is 0 Å². The monoisotopic (exact) mass is 392 g/mol. The molecule has 0 aliphatic heterocycles. The van der Waals surface area contributed by atoms with Gasteiger partial charge >= 0.3 is 12.0 Å². The molecule has 0 saturated heterocycles. The number of aliphatic carboxylic acids is 1. The zero-order valence-corrected chi connectivity index (χ0v) is 13.3. The van der Waals surface area contributed by atoms with E-state index in [4.69, 9.17) is 5.11 Å². The molecule has 3 N–H and O–H groups in total. The third-order valence-electron chi connectivity index (χ3n) is 2.28. The quantitative estimate of drug-likeness (QED) is 0.646. The molecule has 0 aliphatic rings. The molecule has 1 aromatic rings. The topological polar surface area (TPSA) is 78.4 Å². The number of hydrogen-bond donors (Lipinski definition) is 3. The molecule has 0 aliphatic carbocycles. The Bertz CT molecular complexity index is 466. The molecule has 1 rings (SSSR count). The number of carbonyl (C=O) groups excluding carboxylic acids is 1. The number of hydrogen-bond acceptors (Lipinski definition) is 2. The predicted octanol–water partition coefficient (Wildman–Crippen LogP) is 3.59. The number of carbonyl (C=O) groups is 2. The lowest BCUT2D eigenvalue weighted by Crippen LogP contribution is -2.29. The van der Waals surface area contributed by atoms with Crippen LogP contribution in [0.2, 0.25) is 0 Å². The second-order valence-electron chi connectivity index (χ2n) is 3.86. The molecule has 0 radical (unpaired) electrons. The van der Waals surface area contributed by atoms with Gasteiger partial charge in [0.2, 0.25) is 0 Å². The molecule has 0 heterocycles. The van der Waals surface area contributed by atoms with Crippen LogP contribution in [0.1, 0.15) is 19.3 Å². The fourth-order valence-corrected chi connectivity index (χ4v) is 2.51. The van der Waals surface area contributed by atoms with E-state index in [9.17, 15) is 9.59 Å². The van der Waals surface area contributed by atoms with E-state index in [0.717, 1.165) is 8.95 Å². The van der Waals surface area contributed by atoms with Gasteiger partial charge < -0.3 is 15.7 Å². The van der Waals surface area contributed by atoms with Crippen molar-refractivity contribution in [1.29, 1.82) is 0 Å². The number of unbranched alkanes of at least 4 members (excludes halogenated alkanes) is 1. The fraction of sp³-hybridized carbons (Fsp3) is 0.333. The van der Waals surface area contributed by atoms with Crippen LogP contribution in [0.3, 0.4) is 0 Å². The number of benzene rings is 1. The lowest BCUT2D eigenvalue weighted by Gasteiger charge is -2.09. The highest BCUT2D eigenvalue weighted by Gasteiger charge is 2.05. The van der Waals surface area contributed by atoms with Crippen molar-refractivity contribution in [2.24, 2.45) is 0 Å². The Hall–Kier alpha value is -1.08. The van der Waals surface area contributed by atoms with Crippen molar-refractivity contribution in [2.75, 3.05) is 11.9 Å². The maximum Gasteiger partial charge on any atom is 0.319 e. The smallest absolute Gasteiger partial charge is 0.319 e. The molecule has 0 saturated carbocycles. The lowest BCUT2D eigenvalue weighted by molar-refractivity contribution is -0.137. The van der Waals surface area contributed by atoms with E-state index in [-0.39, 0.29) is 12.5 Å². The molecule has 0 unspecified atom stereocenters. The molecule has 7 heteroatoms. The van der Waals surface area contributed by atoms with Gasteiger partial charge in [0.05, 0.1) is 5.69 Å². The minimum atomic E-state index is -0.816. The van der Waals surface area contributed by atoms with Gasteiger partial charge in [0, 0.05) is 21.9 Å². The first-order valence-electron chi connectivity index (χ1n) is 5.70. The zero-order chi connectivity index (χ0) is 14.3. The summed E-state index contributed by atoms with van der Waals surface area (Å²) in [7, 11) is 0. The van der Waals surface area contributed by atoms with Crippen LogP contribution in [0.15, 0.2) is 27.1 Å². The van der Waals surface area contributed by atoms with Crippen LogP contribution in [0.5, 0.6) is 0 Å². The summed E-state index contributed by atoms with van der Waals surface area (Å²) in [6.07, 6.45) is 1.32. The highest BCUT2D eigenvalue weighted by atomic mass is 79.9. The third-order valence-corrected chi connectivity index (χ3v) is 3.43. The molecule has 5 nitrogen and oxygen atoms in total. The van der Waals surface area contributed by atoms with E-state index >= 15 is 0 Å². The van der Waals surface area contributed by atoms with Gasteiger partial charge in [0.25, 0.3) is 0 Å². The fourth-order valence-electron chi connectivity index (χ4n) is 1.36. The van der Waals surface area contributed by atoms with Crippen LogP contribution in [0.4, 0.5) is 10.5 Å². The van der Waals surface area contributed by atoms with Crippen molar-refractivity contribution in [3.05, 3.63) is 27.1 Å². The highest BCUT2D eigenvalue weighted by Crippen LogP contribution is 2.25. The Balaban J connectivity index is 2.29. The Morgan fingerprint density at radius 1 is 1.21 bits per heavy atom. The van der Waals surface area contributed by atoms with Crippen molar-refractivity contribution < 1.29 is 14.7 Å². The van der Waals surface area contributed by atoms with Gasteiger partial charge in [0.1, 0.15) is 0 Å². The number of anilines is 1. The van der Waals surface area contributed by atoms with Crippen molar-refractivity contribution in [2.45, 2.75) is 19.3 Å². The van der Waals surface area contributed by atoms with E-state index in [1.165, 1.54) is 0 Å². The van der Waals surface area contributed by atoms with Crippen LogP contribution in [0, 0.1) is 0 Å². The predicted molar refractivity (Wildman–Crippen MR) is 80.4 cm³/mol. The van der Waals surface area contributed by atoms with Crippen LogP contribution in [-0.2, 0) is 4.79 Å². The molecule has 0 aromatic heterocycles. The van der Waals surface area contributed by atoms with E-state index in [2.05, 4.69) is 42.5 Å². The number of carboxylic acids is 1.